The number of aromatic nitrogens is 3. The van der Waals surface area contributed by atoms with E-state index in [0.29, 0.717) is 0 Å². The standard InChI is InChI=1S/C8H8N3/c1-11-6-2-3-7-8(11)10-5-4-9-7/h2-6H,1H3/q+1. The highest BCUT2D eigenvalue weighted by molar-refractivity contribution is 5.64. The molecular formula is C8H8N3+. The second-order valence-electron chi connectivity index (χ2n) is 2.38. The van der Waals surface area contributed by atoms with Gasteiger partial charge in [0.15, 0.2) is 11.7 Å². The van der Waals surface area contributed by atoms with Crippen molar-refractivity contribution in [2.75, 3.05) is 0 Å². The number of hydrogen-bond donors (Lipinski definition) is 0. The van der Waals surface area contributed by atoms with Gasteiger partial charge in [-0.25, -0.2) is 9.55 Å². The maximum absolute atomic E-state index is 4.18. The molecule has 2 aromatic rings. The molecule has 3 nitrogen and oxygen atoms in total. The minimum absolute atomic E-state index is 0.912. The van der Waals surface area contributed by atoms with Gasteiger partial charge in [-0.3, -0.25) is 0 Å². The third kappa shape index (κ3) is 0.941. The molecule has 0 aliphatic carbocycles. The fraction of sp³-hybridized carbons (Fsp3) is 0.125. The van der Waals surface area contributed by atoms with Gasteiger partial charge >= 0.3 is 5.65 Å². The third-order valence-electron chi connectivity index (χ3n) is 1.60. The summed E-state index contributed by atoms with van der Waals surface area (Å²) in [6.45, 7) is 0. The number of hydrogen-bond acceptors (Lipinski definition) is 2. The van der Waals surface area contributed by atoms with Crippen LogP contribution in [0.3, 0.4) is 0 Å². The third-order valence-corrected chi connectivity index (χ3v) is 1.60. The van der Waals surface area contributed by atoms with E-state index in [9.17, 15) is 0 Å². The maximum atomic E-state index is 4.18. The monoisotopic (exact) mass is 146 g/mol. The van der Waals surface area contributed by atoms with Crippen LogP contribution in [0.15, 0.2) is 30.7 Å². The molecule has 11 heavy (non-hydrogen) atoms. The number of rotatable bonds is 0. The SMILES string of the molecule is C[n+]1cccc2nccnc21. The molecule has 0 saturated carbocycles. The Hall–Kier alpha value is -1.51. The molecule has 54 valence electrons. The molecule has 0 spiro atoms. The fourth-order valence-electron chi connectivity index (χ4n) is 1.06. The van der Waals surface area contributed by atoms with Crippen molar-refractivity contribution in [2.24, 2.45) is 7.05 Å². The quantitative estimate of drug-likeness (QED) is 0.505. The zero-order valence-electron chi connectivity index (χ0n) is 6.23. The smallest absolute Gasteiger partial charge is 0.244 e. The van der Waals surface area contributed by atoms with Crippen LogP contribution in [0.4, 0.5) is 0 Å². The van der Waals surface area contributed by atoms with Crippen molar-refractivity contribution < 1.29 is 4.57 Å². The van der Waals surface area contributed by atoms with Gasteiger partial charge in [0, 0.05) is 0 Å². The first kappa shape index (κ1) is 6.22. The van der Waals surface area contributed by atoms with E-state index in [0.717, 1.165) is 11.2 Å². The Kier molecular flexibility index (Phi) is 1.28. The molecule has 0 saturated heterocycles. The van der Waals surface area contributed by atoms with Crippen LogP contribution in [0, 0.1) is 0 Å². The predicted molar refractivity (Wildman–Crippen MR) is 40.7 cm³/mol. The summed E-state index contributed by atoms with van der Waals surface area (Å²) in [7, 11) is 1.96. The van der Waals surface area contributed by atoms with Crippen LogP contribution in [0.2, 0.25) is 0 Å². The van der Waals surface area contributed by atoms with E-state index in [1.54, 1.807) is 12.4 Å². The minimum atomic E-state index is 0.912. The van der Waals surface area contributed by atoms with Crippen molar-refractivity contribution in [1.29, 1.82) is 0 Å². The van der Waals surface area contributed by atoms with Gasteiger partial charge in [-0.15, -0.1) is 0 Å². The second kappa shape index (κ2) is 2.27. The van der Waals surface area contributed by atoms with Crippen molar-refractivity contribution in [3.8, 4) is 0 Å². The Labute approximate surface area is 64.3 Å². The summed E-state index contributed by atoms with van der Waals surface area (Å²) < 4.78 is 1.95. The van der Waals surface area contributed by atoms with Crippen LogP contribution in [-0.4, -0.2) is 9.97 Å². The van der Waals surface area contributed by atoms with E-state index in [1.165, 1.54) is 0 Å². The molecule has 0 N–H and O–H groups in total. The highest BCUT2D eigenvalue weighted by atomic mass is 15.0. The van der Waals surface area contributed by atoms with Crippen molar-refractivity contribution in [1.82, 2.24) is 9.97 Å². The fourth-order valence-corrected chi connectivity index (χ4v) is 1.06. The summed E-state index contributed by atoms with van der Waals surface area (Å²) in [6.07, 6.45) is 5.35. The highest BCUT2D eigenvalue weighted by Gasteiger charge is 2.03. The average molecular weight is 146 g/mol. The minimum Gasteiger partial charge on any atom is -0.244 e. The summed E-state index contributed by atoms with van der Waals surface area (Å²) >= 11 is 0. The molecule has 3 heteroatoms. The molecule has 2 aromatic heterocycles. The lowest BCUT2D eigenvalue weighted by atomic mass is 10.4. The molecule has 0 bridgehead atoms. The number of fused-ring (bicyclic) bond motifs is 1. The summed E-state index contributed by atoms with van der Waals surface area (Å²) in [4.78, 5) is 8.34. The second-order valence-corrected chi connectivity index (χ2v) is 2.38. The first-order valence-corrected chi connectivity index (χ1v) is 3.43. The average Bonchev–Trinajstić information content (AvgIpc) is 2.06. The summed E-state index contributed by atoms with van der Waals surface area (Å²) in [5.41, 5.74) is 1.84. The molecule has 0 radical (unpaired) electrons. The molecule has 0 unspecified atom stereocenters. The van der Waals surface area contributed by atoms with Crippen LogP contribution >= 0.6 is 0 Å². The Morgan fingerprint density at radius 1 is 1.27 bits per heavy atom. The van der Waals surface area contributed by atoms with E-state index >= 15 is 0 Å². The van der Waals surface area contributed by atoms with Gasteiger partial charge in [-0.1, -0.05) is 0 Å². The van der Waals surface area contributed by atoms with Gasteiger partial charge in [0.25, 0.3) is 0 Å². The van der Waals surface area contributed by atoms with Crippen LogP contribution in [0.5, 0.6) is 0 Å². The summed E-state index contributed by atoms with van der Waals surface area (Å²) in [5.74, 6) is 0. The Morgan fingerprint density at radius 3 is 2.91 bits per heavy atom. The van der Waals surface area contributed by atoms with Crippen molar-refractivity contribution in [3.63, 3.8) is 0 Å². The van der Waals surface area contributed by atoms with Gasteiger partial charge in [-0.05, 0) is 17.1 Å². The van der Waals surface area contributed by atoms with Crippen LogP contribution < -0.4 is 4.57 Å². The lowest BCUT2D eigenvalue weighted by Gasteiger charge is -1.91. The van der Waals surface area contributed by atoms with E-state index < -0.39 is 0 Å². The Bertz CT molecular complexity index is 378. The van der Waals surface area contributed by atoms with Gasteiger partial charge < -0.3 is 0 Å². The summed E-state index contributed by atoms with van der Waals surface area (Å²) in [5, 5.41) is 0. The number of nitrogens with zero attached hydrogens (tertiary/aromatic N) is 3. The molecule has 2 heterocycles. The molecule has 0 fully saturated rings. The number of pyridine rings is 1. The van der Waals surface area contributed by atoms with Gasteiger partial charge in [-0.2, -0.15) is 0 Å². The topological polar surface area (TPSA) is 29.7 Å². The first-order valence-electron chi connectivity index (χ1n) is 3.43. The molecule has 0 aromatic carbocycles. The van der Waals surface area contributed by atoms with Crippen LogP contribution in [0.25, 0.3) is 11.2 Å². The van der Waals surface area contributed by atoms with Gasteiger partial charge in [0.1, 0.15) is 0 Å². The number of aryl methyl sites for hydroxylation is 1. The lowest BCUT2D eigenvalue weighted by molar-refractivity contribution is -0.646. The first-order chi connectivity index (χ1) is 5.38. The Morgan fingerprint density at radius 2 is 2.09 bits per heavy atom. The molecular weight excluding hydrogens is 138 g/mol. The maximum Gasteiger partial charge on any atom is 0.348 e. The molecule has 0 amide bonds. The zero-order valence-corrected chi connectivity index (χ0v) is 6.23. The Balaban J connectivity index is 2.91. The normalized spacial score (nSPS) is 10.3. The van der Waals surface area contributed by atoms with Crippen LogP contribution in [-0.2, 0) is 7.05 Å². The summed E-state index contributed by atoms with van der Waals surface area (Å²) in [6, 6.07) is 3.90. The van der Waals surface area contributed by atoms with Gasteiger partial charge in [0.2, 0.25) is 0 Å². The van der Waals surface area contributed by atoms with E-state index in [4.69, 9.17) is 0 Å². The van der Waals surface area contributed by atoms with Crippen molar-refractivity contribution >= 4 is 11.2 Å². The molecule has 2 rings (SSSR count). The van der Waals surface area contributed by atoms with Crippen molar-refractivity contribution in [3.05, 3.63) is 30.7 Å². The van der Waals surface area contributed by atoms with E-state index in [1.807, 2.05) is 29.9 Å². The van der Waals surface area contributed by atoms with E-state index in [-0.39, 0.29) is 0 Å². The van der Waals surface area contributed by atoms with E-state index in [2.05, 4.69) is 9.97 Å². The molecule has 0 aliphatic rings. The van der Waals surface area contributed by atoms with Crippen molar-refractivity contribution in [2.45, 2.75) is 0 Å². The van der Waals surface area contributed by atoms with Crippen LogP contribution in [0.1, 0.15) is 0 Å². The largest absolute Gasteiger partial charge is 0.348 e. The molecule has 0 atom stereocenters. The predicted octanol–water partition coefficient (Wildman–Crippen LogP) is 0.454. The lowest BCUT2D eigenvalue weighted by Crippen LogP contribution is -2.28. The molecule has 0 aliphatic heterocycles. The highest BCUT2D eigenvalue weighted by Crippen LogP contribution is 1.98. The van der Waals surface area contributed by atoms with Gasteiger partial charge in [0.05, 0.1) is 19.4 Å². The zero-order chi connectivity index (χ0) is 7.68.